The standard InChI is InChI=1S/C17H20N4O/c1-2-20-10-7-13(8-11-20)16-19-14-5-3-9-18-17(14)21(16)15-6-4-12-22-15/h3-6,9,12-13H,2,7-8,10-11H2,1H3. The molecule has 0 spiro atoms. The third-order valence-electron chi connectivity index (χ3n) is 4.57. The van der Waals surface area contributed by atoms with Gasteiger partial charge in [0.15, 0.2) is 5.65 Å². The van der Waals surface area contributed by atoms with Crippen LogP contribution in [0.1, 0.15) is 31.5 Å². The van der Waals surface area contributed by atoms with Gasteiger partial charge in [0.2, 0.25) is 5.88 Å². The van der Waals surface area contributed by atoms with Gasteiger partial charge in [-0.15, -0.1) is 0 Å². The summed E-state index contributed by atoms with van der Waals surface area (Å²) < 4.78 is 7.72. The van der Waals surface area contributed by atoms with E-state index >= 15 is 0 Å². The molecule has 1 aliphatic heterocycles. The Morgan fingerprint density at radius 2 is 2.09 bits per heavy atom. The third-order valence-corrected chi connectivity index (χ3v) is 4.57. The van der Waals surface area contributed by atoms with Crippen LogP contribution in [0.2, 0.25) is 0 Å². The maximum atomic E-state index is 5.63. The van der Waals surface area contributed by atoms with Gasteiger partial charge in [0.1, 0.15) is 11.3 Å². The first-order valence-electron chi connectivity index (χ1n) is 7.96. The van der Waals surface area contributed by atoms with Crippen LogP contribution in [0.25, 0.3) is 17.0 Å². The molecule has 0 aromatic carbocycles. The average Bonchev–Trinajstić information content (AvgIpc) is 3.21. The minimum Gasteiger partial charge on any atom is -0.448 e. The van der Waals surface area contributed by atoms with Gasteiger partial charge >= 0.3 is 0 Å². The van der Waals surface area contributed by atoms with Gasteiger partial charge in [-0.2, -0.15) is 0 Å². The molecular weight excluding hydrogens is 276 g/mol. The number of piperidine rings is 1. The zero-order valence-electron chi connectivity index (χ0n) is 12.8. The van der Waals surface area contributed by atoms with E-state index in [2.05, 4.69) is 21.4 Å². The zero-order chi connectivity index (χ0) is 14.9. The largest absolute Gasteiger partial charge is 0.448 e. The van der Waals surface area contributed by atoms with Crippen molar-refractivity contribution in [2.45, 2.75) is 25.7 Å². The van der Waals surface area contributed by atoms with Crippen molar-refractivity contribution in [3.63, 3.8) is 0 Å². The number of aromatic nitrogens is 3. The summed E-state index contributed by atoms with van der Waals surface area (Å²) in [6.07, 6.45) is 5.79. The highest BCUT2D eigenvalue weighted by Crippen LogP contribution is 2.31. The third kappa shape index (κ3) is 2.22. The van der Waals surface area contributed by atoms with Crippen LogP contribution in [0, 0.1) is 0 Å². The lowest BCUT2D eigenvalue weighted by atomic mass is 9.96. The van der Waals surface area contributed by atoms with Gasteiger partial charge in [0.05, 0.1) is 6.26 Å². The minimum absolute atomic E-state index is 0.460. The SMILES string of the molecule is CCN1CCC(c2nc3cccnc3n2-c2ccco2)CC1. The fraction of sp³-hybridized carbons (Fsp3) is 0.412. The van der Waals surface area contributed by atoms with Crippen LogP contribution in [0.5, 0.6) is 0 Å². The predicted octanol–water partition coefficient (Wildman–Crippen LogP) is 3.21. The van der Waals surface area contributed by atoms with Crippen LogP contribution in [0.3, 0.4) is 0 Å². The molecule has 0 unspecified atom stereocenters. The van der Waals surface area contributed by atoms with Crippen molar-refractivity contribution in [2.24, 2.45) is 0 Å². The Labute approximate surface area is 129 Å². The van der Waals surface area contributed by atoms with Crippen molar-refractivity contribution in [2.75, 3.05) is 19.6 Å². The summed E-state index contributed by atoms with van der Waals surface area (Å²) in [7, 11) is 0. The molecule has 5 heteroatoms. The first-order valence-corrected chi connectivity index (χ1v) is 7.96. The number of hydrogen-bond donors (Lipinski definition) is 0. The van der Waals surface area contributed by atoms with Crippen molar-refractivity contribution in [3.05, 3.63) is 42.5 Å². The first-order chi connectivity index (χ1) is 10.9. The molecule has 4 heterocycles. The molecule has 0 atom stereocenters. The molecule has 3 aromatic heterocycles. The fourth-order valence-corrected chi connectivity index (χ4v) is 3.33. The van der Waals surface area contributed by atoms with Crippen molar-refractivity contribution in [1.82, 2.24) is 19.4 Å². The van der Waals surface area contributed by atoms with Crippen molar-refractivity contribution in [1.29, 1.82) is 0 Å². The smallest absolute Gasteiger partial charge is 0.206 e. The number of rotatable bonds is 3. The monoisotopic (exact) mass is 296 g/mol. The number of furan rings is 1. The van der Waals surface area contributed by atoms with E-state index in [1.807, 2.05) is 30.5 Å². The summed E-state index contributed by atoms with van der Waals surface area (Å²) in [5, 5.41) is 0. The minimum atomic E-state index is 0.460. The Balaban J connectivity index is 1.79. The molecule has 0 amide bonds. The highest BCUT2D eigenvalue weighted by atomic mass is 16.3. The van der Waals surface area contributed by atoms with Crippen LogP contribution in [0.15, 0.2) is 41.1 Å². The van der Waals surface area contributed by atoms with E-state index in [9.17, 15) is 0 Å². The molecule has 3 aromatic rings. The van der Waals surface area contributed by atoms with E-state index in [0.29, 0.717) is 5.92 Å². The van der Waals surface area contributed by atoms with E-state index in [1.54, 1.807) is 6.26 Å². The van der Waals surface area contributed by atoms with Crippen molar-refractivity contribution < 1.29 is 4.42 Å². The van der Waals surface area contributed by atoms with Crippen molar-refractivity contribution in [3.8, 4) is 5.88 Å². The first kappa shape index (κ1) is 13.5. The van der Waals surface area contributed by atoms with E-state index in [4.69, 9.17) is 9.40 Å². The summed E-state index contributed by atoms with van der Waals surface area (Å²) in [6, 6.07) is 7.84. The Morgan fingerprint density at radius 3 is 2.82 bits per heavy atom. The quantitative estimate of drug-likeness (QED) is 0.744. The lowest BCUT2D eigenvalue weighted by Crippen LogP contribution is -2.33. The second-order valence-corrected chi connectivity index (χ2v) is 5.81. The molecule has 22 heavy (non-hydrogen) atoms. The summed E-state index contributed by atoms with van der Waals surface area (Å²) in [4.78, 5) is 11.9. The highest BCUT2D eigenvalue weighted by Gasteiger charge is 2.26. The number of fused-ring (bicyclic) bond motifs is 1. The molecule has 5 nitrogen and oxygen atoms in total. The van der Waals surface area contributed by atoms with Gasteiger partial charge in [0.25, 0.3) is 0 Å². The molecular formula is C17H20N4O. The molecule has 0 saturated carbocycles. The number of pyridine rings is 1. The van der Waals surface area contributed by atoms with Crippen LogP contribution < -0.4 is 0 Å². The lowest BCUT2D eigenvalue weighted by Gasteiger charge is -2.30. The topological polar surface area (TPSA) is 47.1 Å². The van der Waals surface area contributed by atoms with Gasteiger partial charge in [-0.1, -0.05) is 6.92 Å². The predicted molar refractivity (Wildman–Crippen MR) is 85.2 cm³/mol. The van der Waals surface area contributed by atoms with E-state index in [0.717, 1.165) is 55.3 Å². The molecule has 0 radical (unpaired) electrons. The molecule has 1 fully saturated rings. The van der Waals surface area contributed by atoms with Crippen LogP contribution >= 0.6 is 0 Å². The Bertz CT molecular complexity index is 754. The summed E-state index contributed by atoms with van der Waals surface area (Å²) >= 11 is 0. The van der Waals surface area contributed by atoms with Gasteiger partial charge in [-0.3, -0.25) is 0 Å². The van der Waals surface area contributed by atoms with Crippen LogP contribution in [-0.4, -0.2) is 39.1 Å². The van der Waals surface area contributed by atoms with Gasteiger partial charge in [-0.05, 0) is 50.7 Å². The van der Waals surface area contributed by atoms with Crippen LogP contribution in [0.4, 0.5) is 0 Å². The molecule has 0 aliphatic carbocycles. The number of nitrogens with zero attached hydrogens (tertiary/aromatic N) is 4. The molecule has 0 bridgehead atoms. The van der Waals surface area contributed by atoms with E-state index in [-0.39, 0.29) is 0 Å². The number of imidazole rings is 1. The van der Waals surface area contributed by atoms with E-state index in [1.165, 1.54) is 0 Å². The molecule has 0 N–H and O–H groups in total. The maximum Gasteiger partial charge on any atom is 0.206 e. The Morgan fingerprint density at radius 1 is 1.23 bits per heavy atom. The summed E-state index contributed by atoms with van der Waals surface area (Å²) in [5.74, 6) is 2.34. The van der Waals surface area contributed by atoms with Gasteiger partial charge in [-0.25, -0.2) is 14.5 Å². The zero-order valence-corrected chi connectivity index (χ0v) is 12.8. The van der Waals surface area contributed by atoms with Gasteiger partial charge in [0, 0.05) is 18.2 Å². The summed E-state index contributed by atoms with van der Waals surface area (Å²) in [6.45, 7) is 5.62. The molecule has 1 aliphatic rings. The van der Waals surface area contributed by atoms with Gasteiger partial charge < -0.3 is 9.32 Å². The average molecular weight is 296 g/mol. The molecule has 1 saturated heterocycles. The molecule has 114 valence electrons. The van der Waals surface area contributed by atoms with Crippen molar-refractivity contribution >= 4 is 11.2 Å². The lowest BCUT2D eigenvalue weighted by molar-refractivity contribution is 0.218. The number of hydrogen-bond acceptors (Lipinski definition) is 4. The summed E-state index contributed by atoms with van der Waals surface area (Å²) in [5.41, 5.74) is 1.82. The number of likely N-dealkylation sites (tertiary alicyclic amines) is 1. The fourth-order valence-electron chi connectivity index (χ4n) is 3.33. The van der Waals surface area contributed by atoms with Crippen LogP contribution in [-0.2, 0) is 0 Å². The Kier molecular flexibility index (Phi) is 3.42. The normalized spacial score (nSPS) is 17.3. The Hall–Kier alpha value is -2.14. The second-order valence-electron chi connectivity index (χ2n) is 5.81. The van der Waals surface area contributed by atoms with E-state index < -0.39 is 0 Å². The maximum absolute atomic E-state index is 5.63. The second kappa shape index (κ2) is 5.57. The molecule has 4 rings (SSSR count). The highest BCUT2D eigenvalue weighted by molar-refractivity contribution is 5.73.